The number of carbonyl (C=O) groups excluding carboxylic acids is 2. The summed E-state index contributed by atoms with van der Waals surface area (Å²) < 4.78 is 0. The van der Waals surface area contributed by atoms with Crippen molar-refractivity contribution in [3.8, 4) is 0 Å². The summed E-state index contributed by atoms with van der Waals surface area (Å²) in [5.74, 6) is -0.501. The van der Waals surface area contributed by atoms with Crippen molar-refractivity contribution in [3.63, 3.8) is 0 Å². The second-order valence-corrected chi connectivity index (χ2v) is 7.27. The minimum absolute atomic E-state index is 0.0636. The molecule has 0 saturated heterocycles. The smallest absolute Gasteiger partial charge is 0.231 e. The number of rotatable bonds is 3. The fourth-order valence-corrected chi connectivity index (χ4v) is 3.73. The number of para-hydroxylation sites is 1. The number of anilines is 2. The van der Waals surface area contributed by atoms with Crippen LogP contribution in [-0.4, -0.2) is 17.9 Å². The van der Waals surface area contributed by atoms with E-state index in [4.69, 9.17) is 11.6 Å². The molecular formula is C20H19ClN2O2. The number of benzene rings is 2. The topological polar surface area (TPSA) is 49.4 Å². The lowest BCUT2D eigenvalue weighted by Crippen LogP contribution is -2.37. The molecule has 1 heterocycles. The number of hydrogen-bond donors (Lipinski definition) is 1. The average Bonchev–Trinajstić information content (AvgIpc) is 3.33. The summed E-state index contributed by atoms with van der Waals surface area (Å²) in [6.07, 6.45) is 1.49. The number of hydrogen-bond acceptors (Lipinski definition) is 2. The minimum Gasteiger partial charge on any atom is -0.326 e. The van der Waals surface area contributed by atoms with Crippen LogP contribution < -0.4 is 10.2 Å². The lowest BCUT2D eigenvalue weighted by Gasteiger charge is -2.23. The number of nitrogens with zero attached hydrogens (tertiary/aromatic N) is 1. The summed E-state index contributed by atoms with van der Waals surface area (Å²) in [4.78, 5) is 27.2. The number of halogens is 1. The van der Waals surface area contributed by atoms with Crippen molar-refractivity contribution in [2.24, 2.45) is 11.8 Å². The van der Waals surface area contributed by atoms with Crippen LogP contribution in [0.5, 0.6) is 0 Å². The molecule has 0 bridgehead atoms. The van der Waals surface area contributed by atoms with E-state index in [9.17, 15) is 9.59 Å². The number of amides is 2. The molecular weight excluding hydrogens is 336 g/mol. The molecule has 5 heteroatoms. The van der Waals surface area contributed by atoms with Crippen molar-refractivity contribution >= 4 is 34.8 Å². The summed E-state index contributed by atoms with van der Waals surface area (Å²) in [6.45, 7) is 2.06. The molecule has 0 radical (unpaired) electrons. The van der Waals surface area contributed by atoms with Gasteiger partial charge in [-0.1, -0.05) is 29.8 Å². The molecule has 1 aliphatic heterocycles. The molecule has 4 nitrogen and oxygen atoms in total. The Balaban J connectivity index is 1.43. The molecule has 2 aromatic carbocycles. The Kier molecular flexibility index (Phi) is 4.00. The van der Waals surface area contributed by atoms with Gasteiger partial charge >= 0.3 is 0 Å². The number of carbonyl (C=O) groups is 2. The van der Waals surface area contributed by atoms with Gasteiger partial charge in [-0.15, -0.1) is 0 Å². The molecule has 1 aliphatic carbocycles. The first kappa shape index (κ1) is 16.2. The first-order chi connectivity index (χ1) is 12.0. The Bertz CT molecular complexity index is 834. The largest absolute Gasteiger partial charge is 0.326 e. The van der Waals surface area contributed by atoms with Gasteiger partial charge in [0.2, 0.25) is 11.8 Å². The monoisotopic (exact) mass is 354 g/mol. The van der Waals surface area contributed by atoms with E-state index in [1.54, 1.807) is 24.3 Å². The Hall–Kier alpha value is -2.33. The van der Waals surface area contributed by atoms with E-state index in [1.807, 2.05) is 23.1 Å². The first-order valence-corrected chi connectivity index (χ1v) is 8.90. The highest BCUT2D eigenvalue weighted by Gasteiger charge is 2.51. The standard InChI is InChI=1S/C20H19ClN2O2/c1-12-10-13-4-2-3-5-18(13)23(12)20(25)17-11-16(17)19(24)22-15-8-6-14(21)7-9-15/h2-9,12,16-17H,10-11H2,1H3,(H,22,24). The van der Waals surface area contributed by atoms with Gasteiger partial charge in [-0.25, -0.2) is 0 Å². The van der Waals surface area contributed by atoms with Crippen LogP contribution in [0.4, 0.5) is 11.4 Å². The SMILES string of the molecule is CC1Cc2ccccc2N1C(=O)C1CC1C(=O)Nc1ccc(Cl)cc1. The third-order valence-corrected chi connectivity index (χ3v) is 5.25. The maximum Gasteiger partial charge on any atom is 0.231 e. The highest BCUT2D eigenvalue weighted by molar-refractivity contribution is 6.30. The predicted molar refractivity (Wildman–Crippen MR) is 98.8 cm³/mol. The lowest BCUT2D eigenvalue weighted by molar-refractivity contribution is -0.123. The van der Waals surface area contributed by atoms with Crippen molar-refractivity contribution < 1.29 is 9.59 Å². The number of nitrogens with one attached hydrogen (secondary N) is 1. The molecule has 1 saturated carbocycles. The van der Waals surface area contributed by atoms with Crippen molar-refractivity contribution in [1.29, 1.82) is 0 Å². The van der Waals surface area contributed by atoms with Gasteiger partial charge in [0.1, 0.15) is 0 Å². The molecule has 0 spiro atoms. The zero-order chi connectivity index (χ0) is 17.6. The Morgan fingerprint density at radius 1 is 1.08 bits per heavy atom. The van der Waals surface area contributed by atoms with Gasteiger partial charge in [-0.3, -0.25) is 9.59 Å². The summed E-state index contributed by atoms with van der Waals surface area (Å²) in [7, 11) is 0. The highest BCUT2D eigenvalue weighted by Crippen LogP contribution is 2.44. The molecule has 25 heavy (non-hydrogen) atoms. The zero-order valence-corrected chi connectivity index (χ0v) is 14.7. The highest BCUT2D eigenvalue weighted by atomic mass is 35.5. The molecule has 4 rings (SSSR count). The molecule has 3 unspecified atom stereocenters. The molecule has 1 N–H and O–H groups in total. The van der Waals surface area contributed by atoms with Gasteiger partial charge < -0.3 is 10.2 Å². The maximum atomic E-state index is 12.9. The molecule has 2 aromatic rings. The van der Waals surface area contributed by atoms with Crippen LogP contribution in [0.25, 0.3) is 0 Å². The van der Waals surface area contributed by atoms with E-state index in [1.165, 1.54) is 5.56 Å². The lowest BCUT2D eigenvalue weighted by atomic mass is 10.1. The summed E-state index contributed by atoms with van der Waals surface area (Å²) in [5, 5.41) is 3.49. The average molecular weight is 355 g/mol. The van der Waals surface area contributed by atoms with Gasteiger partial charge in [0.25, 0.3) is 0 Å². The van der Waals surface area contributed by atoms with E-state index in [0.29, 0.717) is 17.1 Å². The van der Waals surface area contributed by atoms with Gasteiger partial charge in [0, 0.05) is 22.4 Å². The van der Waals surface area contributed by atoms with Crippen molar-refractivity contribution in [1.82, 2.24) is 0 Å². The second kappa shape index (κ2) is 6.19. The third kappa shape index (κ3) is 3.02. The quantitative estimate of drug-likeness (QED) is 0.909. The molecule has 128 valence electrons. The maximum absolute atomic E-state index is 12.9. The van der Waals surface area contributed by atoms with Crippen LogP contribution in [-0.2, 0) is 16.0 Å². The third-order valence-electron chi connectivity index (χ3n) is 5.00. The van der Waals surface area contributed by atoms with Crippen LogP contribution in [0, 0.1) is 11.8 Å². The molecule has 2 aliphatic rings. The van der Waals surface area contributed by atoms with Crippen LogP contribution in [0.15, 0.2) is 48.5 Å². The minimum atomic E-state index is -0.247. The Labute approximate surface area is 151 Å². The van der Waals surface area contributed by atoms with E-state index in [-0.39, 0.29) is 29.7 Å². The zero-order valence-electron chi connectivity index (χ0n) is 13.9. The molecule has 2 amide bonds. The molecule has 1 fully saturated rings. The summed E-state index contributed by atoms with van der Waals surface area (Å²) in [5.41, 5.74) is 2.89. The summed E-state index contributed by atoms with van der Waals surface area (Å²) in [6, 6.07) is 15.1. The Morgan fingerprint density at radius 3 is 2.56 bits per heavy atom. The van der Waals surface area contributed by atoms with E-state index < -0.39 is 0 Å². The van der Waals surface area contributed by atoms with Crippen molar-refractivity contribution in [2.45, 2.75) is 25.8 Å². The fourth-order valence-electron chi connectivity index (χ4n) is 3.61. The van der Waals surface area contributed by atoms with Gasteiger partial charge in [0.05, 0.1) is 11.8 Å². The van der Waals surface area contributed by atoms with Crippen molar-refractivity contribution in [3.05, 3.63) is 59.1 Å². The van der Waals surface area contributed by atoms with Crippen LogP contribution in [0.1, 0.15) is 18.9 Å². The van der Waals surface area contributed by atoms with Gasteiger partial charge in [-0.2, -0.15) is 0 Å². The predicted octanol–water partition coefficient (Wildman–Crippen LogP) is 3.89. The molecule has 3 atom stereocenters. The normalized spacial score (nSPS) is 23.9. The van der Waals surface area contributed by atoms with Gasteiger partial charge in [-0.05, 0) is 55.7 Å². The van der Waals surface area contributed by atoms with Crippen LogP contribution in [0.3, 0.4) is 0 Å². The van der Waals surface area contributed by atoms with Crippen LogP contribution in [0.2, 0.25) is 5.02 Å². The molecule has 0 aromatic heterocycles. The van der Waals surface area contributed by atoms with Gasteiger partial charge in [0.15, 0.2) is 0 Å². The van der Waals surface area contributed by atoms with Crippen LogP contribution >= 0.6 is 11.6 Å². The second-order valence-electron chi connectivity index (χ2n) is 6.83. The van der Waals surface area contributed by atoms with Crippen molar-refractivity contribution in [2.75, 3.05) is 10.2 Å². The van der Waals surface area contributed by atoms with E-state index >= 15 is 0 Å². The Morgan fingerprint density at radius 2 is 1.80 bits per heavy atom. The fraction of sp³-hybridized carbons (Fsp3) is 0.300. The van der Waals surface area contributed by atoms with E-state index in [0.717, 1.165) is 12.1 Å². The first-order valence-electron chi connectivity index (χ1n) is 8.52. The number of fused-ring (bicyclic) bond motifs is 1. The summed E-state index contributed by atoms with van der Waals surface area (Å²) >= 11 is 5.85. The van der Waals surface area contributed by atoms with E-state index in [2.05, 4.69) is 18.3 Å².